The Kier molecular flexibility index (Phi) is 28.1. The van der Waals surface area contributed by atoms with E-state index >= 15 is 0 Å². The largest absolute Gasteiger partial charge is 0.494 e. The molecule has 16 N–H and O–H groups in total. The maximum absolute atomic E-state index is 13.0. The van der Waals surface area contributed by atoms with E-state index in [4.69, 9.17) is 87.0 Å². The smallest absolute Gasteiger partial charge is 0.295 e. The molecule has 0 amide bonds. The van der Waals surface area contributed by atoms with Gasteiger partial charge in [0.05, 0.1) is 40.5 Å². The first-order chi connectivity index (χ1) is 47.3. The number of hydrogen-bond donors (Lipinski definition) is 11. The molecule has 0 bridgehead atoms. The van der Waals surface area contributed by atoms with E-state index in [1.165, 1.54) is 75.6 Å². The van der Waals surface area contributed by atoms with Gasteiger partial charge in [-0.05, 0) is 230 Å². The first-order valence-electron chi connectivity index (χ1n) is 32.5. The van der Waals surface area contributed by atoms with E-state index in [0.29, 0.717) is 42.4 Å². The number of anilines is 2. The summed E-state index contributed by atoms with van der Waals surface area (Å²) < 4.78 is 17.8. The summed E-state index contributed by atoms with van der Waals surface area (Å²) >= 11 is 25.9. The molecule has 516 valence electrons. The molecule has 0 saturated heterocycles. The zero-order valence-corrected chi connectivity index (χ0v) is 60.8. The van der Waals surface area contributed by atoms with Gasteiger partial charge in [0, 0.05) is 53.3 Å². The number of nitrogen functional groups attached to an aromatic ring is 1. The predicted octanol–water partition coefficient (Wildman–Crippen LogP) is 12.6. The van der Waals surface area contributed by atoms with Gasteiger partial charge < -0.3 is 53.0 Å². The molecule has 3 heterocycles. The summed E-state index contributed by atoms with van der Waals surface area (Å²) in [6, 6.07) is 37.2. The number of ether oxygens (including phenoxy) is 2. The van der Waals surface area contributed by atoms with E-state index in [1.807, 2.05) is 149 Å². The normalized spacial score (nSPS) is 16.2. The number of allylic oxidation sites excluding steroid dienone is 2. The number of nitrogens with zero attached hydrogens (tertiary/aromatic N) is 9. The number of hydrazone groups is 3. The maximum atomic E-state index is 13.0. The van der Waals surface area contributed by atoms with Crippen LogP contribution in [0.4, 0.5) is 17.3 Å². The zero-order valence-electron chi connectivity index (χ0n) is 55.9. The van der Waals surface area contributed by atoms with Crippen molar-refractivity contribution in [1.82, 2.24) is 40.6 Å². The number of para-hydroxylation sites is 2. The number of thiazole rings is 1. The van der Waals surface area contributed by atoms with E-state index in [1.54, 1.807) is 26.3 Å². The number of azo groups is 1. The van der Waals surface area contributed by atoms with Gasteiger partial charge in [-0.15, -0.1) is 15.3 Å². The van der Waals surface area contributed by atoms with Crippen LogP contribution in [-0.2, 0) is 14.1 Å². The standard InChI is InChI=1S/C20H20N6OS2.C18H19N3O2S.C13H21N3S.C9H9N5S.C9H17N3S/c1-13-17(18(27)26(25(13)3)14-9-5-4-6-10-14)21-19(28)22-23-20-24(2)15-11-7-8-12-16(15)29-20;1-3-22-11-5-7-13-14-8-6-12(23-4-2)10-16(14)17(15(13)9-11)20-21-18(19)24;14-13(17)16-15-12-9-5-4-8-11(12)10-6-2-1-3-7-10;10-7-5-3-1-2-4-6(5)8(12-7)13-14-9(11)15;1-2-7-5-3-4-6-8(7)11-12-9(10)13/h4-12H,1-3H3,(H2,21,22,28);5-10H,3-4H2,1-2H3,(H3,19,21,24);6,11H,1-5,7-9H2,(H3,14,16,17);1-4,12H,10H2,(H2,11,15);7H,2-6H2,1H3,(H3,10,12,13)/b23-20+;;15-12+;;11-8+. The lowest BCUT2D eigenvalue weighted by molar-refractivity contribution is 0.340. The van der Waals surface area contributed by atoms with E-state index in [-0.39, 0.29) is 31.1 Å². The van der Waals surface area contributed by atoms with Crippen LogP contribution in [0.5, 0.6) is 11.5 Å². The molecule has 98 heavy (non-hydrogen) atoms. The van der Waals surface area contributed by atoms with Crippen LogP contribution in [0.25, 0.3) is 37.8 Å². The number of aromatic nitrogens is 4. The molecular weight excluding hydrogens is 1350 g/mol. The predicted molar refractivity (Wildman–Crippen MR) is 421 cm³/mol. The summed E-state index contributed by atoms with van der Waals surface area (Å²) in [5.41, 5.74) is 50.1. The minimum absolute atomic E-state index is 0.00717. The van der Waals surface area contributed by atoms with Crippen LogP contribution in [0.3, 0.4) is 0 Å². The van der Waals surface area contributed by atoms with Crippen molar-refractivity contribution in [3.63, 3.8) is 0 Å². The third-order valence-electron chi connectivity index (χ3n) is 16.6. The van der Waals surface area contributed by atoms with Gasteiger partial charge in [-0.25, -0.2) is 4.68 Å². The molecule has 5 aromatic carbocycles. The second-order valence-electron chi connectivity index (χ2n) is 23.0. The highest BCUT2D eigenvalue weighted by atomic mass is 32.1. The second kappa shape index (κ2) is 36.9. The van der Waals surface area contributed by atoms with Crippen LogP contribution in [-0.4, -0.2) is 74.8 Å². The summed E-state index contributed by atoms with van der Waals surface area (Å²) in [5.74, 6) is 3.91. The Balaban J connectivity index is 0.000000161. The SMILES string of the molecule is CCC1CCCC/C1=N\NC(N)=S.CCOc1ccc2c(c1)C(=NNC(N)=S)c1cc(OCC)ccc1-2.Cc1c(NC(=S)N/N=c2/sc3ccccc3n2C)c(=O)n(-c2ccccc2)n1C.NC(=S)N/N=C1\CCCCC1C1=CCCCC1.NC(=S)N=Nc1[nH]c(N)c2ccccc12. The van der Waals surface area contributed by atoms with Gasteiger partial charge in [0.1, 0.15) is 23.0 Å². The van der Waals surface area contributed by atoms with Crippen LogP contribution >= 0.6 is 72.4 Å². The number of aryl methyl sites for hydroxylation is 1. The van der Waals surface area contributed by atoms with Gasteiger partial charge in [-0.3, -0.25) is 31.2 Å². The Morgan fingerprint density at radius 3 is 1.84 bits per heavy atom. The van der Waals surface area contributed by atoms with Crippen molar-refractivity contribution in [2.45, 2.75) is 111 Å². The van der Waals surface area contributed by atoms with Crippen molar-refractivity contribution in [3.05, 3.63) is 159 Å². The van der Waals surface area contributed by atoms with Gasteiger partial charge in [0.25, 0.3) is 5.56 Å². The Hall–Kier alpha value is -9.26. The summed E-state index contributed by atoms with van der Waals surface area (Å²) in [7, 11) is 3.79. The van der Waals surface area contributed by atoms with Crippen molar-refractivity contribution in [2.24, 2.45) is 79.5 Å². The van der Waals surface area contributed by atoms with Gasteiger partial charge in [0.15, 0.2) is 26.3 Å². The van der Waals surface area contributed by atoms with Crippen LogP contribution in [0.15, 0.2) is 162 Å². The molecule has 8 aromatic rings. The van der Waals surface area contributed by atoms with Gasteiger partial charge in [-0.1, -0.05) is 97.3 Å². The average molecular weight is 1440 g/mol. The fourth-order valence-corrected chi connectivity index (χ4v) is 13.2. The summed E-state index contributed by atoms with van der Waals surface area (Å²) in [5, 5.41) is 30.6. The lowest BCUT2D eigenvalue weighted by atomic mass is 9.78. The number of nitrogens with one attached hydrogen (secondary N) is 6. The quantitative estimate of drug-likeness (QED) is 0.0221. The molecule has 2 atom stereocenters. The molecule has 3 aromatic heterocycles. The van der Waals surface area contributed by atoms with E-state index < -0.39 is 0 Å². The highest BCUT2D eigenvalue weighted by Crippen LogP contribution is 2.41. The fraction of sp³-hybridized carbons (Fsp3) is 0.333. The first kappa shape index (κ1) is 74.5. The van der Waals surface area contributed by atoms with E-state index in [0.717, 1.165) is 95.9 Å². The van der Waals surface area contributed by atoms with Crippen molar-refractivity contribution >= 4 is 153 Å². The number of fused-ring (bicyclic) bond motifs is 5. The highest BCUT2D eigenvalue weighted by Gasteiger charge is 2.28. The third kappa shape index (κ3) is 20.2. The number of aromatic amines is 1. The van der Waals surface area contributed by atoms with Crippen molar-refractivity contribution in [2.75, 3.05) is 24.3 Å². The first-order valence-corrected chi connectivity index (χ1v) is 35.3. The van der Waals surface area contributed by atoms with Gasteiger partial charge in [-0.2, -0.15) is 15.3 Å². The average Bonchev–Trinajstić information content (AvgIpc) is 1.61. The molecule has 4 aliphatic rings. The zero-order chi connectivity index (χ0) is 70.3. The summed E-state index contributed by atoms with van der Waals surface area (Å²) in [6.45, 7) is 9.20. The molecule has 0 radical (unpaired) electrons. The topological polar surface area (TPSA) is 331 Å². The molecule has 0 aliphatic heterocycles. The minimum atomic E-state index is -0.173. The van der Waals surface area contributed by atoms with Crippen molar-refractivity contribution in [1.29, 1.82) is 0 Å². The van der Waals surface area contributed by atoms with E-state index in [2.05, 4.69) is 93.9 Å². The molecule has 2 fully saturated rings. The van der Waals surface area contributed by atoms with Crippen LogP contribution in [0.1, 0.15) is 121 Å². The number of H-pyrrole nitrogens is 1. The fourth-order valence-electron chi connectivity index (χ4n) is 11.9. The Morgan fingerprint density at radius 1 is 0.653 bits per heavy atom. The maximum Gasteiger partial charge on any atom is 0.295 e. The van der Waals surface area contributed by atoms with E-state index in [9.17, 15) is 4.79 Å². The second-order valence-corrected chi connectivity index (χ2v) is 26.2. The number of rotatable bonds is 13. The van der Waals surface area contributed by atoms with Crippen LogP contribution in [0, 0.1) is 18.8 Å². The Labute approximate surface area is 601 Å². The summed E-state index contributed by atoms with van der Waals surface area (Å²) in [6.07, 6.45) is 18.5. The van der Waals surface area contributed by atoms with Gasteiger partial charge >= 0.3 is 0 Å². The number of nitrogens with two attached hydrogens (primary N) is 5. The molecular formula is C69H86N20O3S6. The number of thiocarbonyl (C=S) groups is 5. The molecule has 4 aliphatic carbocycles. The lowest BCUT2D eigenvalue weighted by Crippen LogP contribution is -2.30. The molecule has 12 rings (SSSR count). The lowest BCUT2D eigenvalue weighted by Gasteiger charge is -2.28. The Bertz CT molecular complexity index is 4390. The highest BCUT2D eigenvalue weighted by molar-refractivity contribution is 7.81. The third-order valence-corrected chi connectivity index (χ3v) is 18.2. The van der Waals surface area contributed by atoms with Crippen molar-refractivity contribution in [3.8, 4) is 28.3 Å². The molecule has 2 unspecified atom stereocenters. The van der Waals surface area contributed by atoms with Crippen LogP contribution in [0.2, 0.25) is 0 Å². The molecule has 29 heteroatoms. The Morgan fingerprint density at radius 2 is 1.23 bits per heavy atom. The molecule has 0 spiro atoms. The summed E-state index contributed by atoms with van der Waals surface area (Å²) in [4.78, 5) is 16.6. The monoisotopic (exact) mass is 1430 g/mol. The van der Waals surface area contributed by atoms with Gasteiger partial charge in [0.2, 0.25) is 9.91 Å². The molecule has 2 saturated carbocycles. The van der Waals surface area contributed by atoms with Crippen LogP contribution < -0.4 is 75.5 Å². The number of benzene rings is 5. The number of hydrogen-bond acceptors (Lipinski definition) is 15. The van der Waals surface area contributed by atoms with Crippen molar-refractivity contribution < 1.29 is 9.47 Å². The minimum Gasteiger partial charge on any atom is -0.494 e. The molecule has 23 nitrogen and oxygen atoms in total.